The summed E-state index contributed by atoms with van der Waals surface area (Å²) >= 11 is 0. The molecule has 2 aromatic rings. The molecule has 19 heavy (non-hydrogen) atoms. The van der Waals surface area contributed by atoms with Crippen molar-refractivity contribution in [3.63, 3.8) is 0 Å². The summed E-state index contributed by atoms with van der Waals surface area (Å²) in [6, 6.07) is 5.34. The fourth-order valence-electron chi connectivity index (χ4n) is 1.58. The minimum Gasteiger partial charge on any atom is -0.478 e. The lowest BCUT2D eigenvalue weighted by atomic mass is 10.1. The van der Waals surface area contributed by atoms with E-state index < -0.39 is 5.97 Å². The third kappa shape index (κ3) is 3.04. The lowest BCUT2D eigenvalue weighted by molar-refractivity contribution is -0.131. The molecule has 0 spiro atoms. The summed E-state index contributed by atoms with van der Waals surface area (Å²) in [5.41, 5.74) is 2.20. The monoisotopic (exact) mass is 254 g/mol. The molecule has 1 aromatic carbocycles. The van der Waals surface area contributed by atoms with Gasteiger partial charge in [0.05, 0.1) is 6.57 Å². The molecule has 0 unspecified atom stereocenters. The van der Waals surface area contributed by atoms with E-state index in [9.17, 15) is 4.79 Å². The number of aliphatic carboxylic acids is 1. The first kappa shape index (κ1) is 12.5. The number of hydrogen-bond donors (Lipinski definition) is 1. The van der Waals surface area contributed by atoms with Crippen LogP contribution in [0.2, 0.25) is 0 Å². The first-order chi connectivity index (χ1) is 9.08. The van der Waals surface area contributed by atoms with Gasteiger partial charge in [-0.1, -0.05) is 17.7 Å². The summed E-state index contributed by atoms with van der Waals surface area (Å²) in [7, 11) is 0. The number of aryl methyl sites for hydroxylation is 1. The third-order valence-electron chi connectivity index (χ3n) is 2.33. The summed E-state index contributed by atoms with van der Waals surface area (Å²) in [5, 5.41) is 12.6. The van der Waals surface area contributed by atoms with Gasteiger partial charge in [-0.3, -0.25) is 0 Å². The maximum Gasteiger partial charge on any atom is 0.329 e. The van der Waals surface area contributed by atoms with E-state index >= 15 is 0 Å². The SMILES string of the molecule is [C-]#[N+]c1cc(C)cc(-c2ncn(/C=C\C(=O)O)n2)c1. The Hall–Kier alpha value is -2.94. The highest BCUT2D eigenvalue weighted by molar-refractivity contribution is 5.82. The number of carboxylic acid groups (broad SMARTS) is 1. The van der Waals surface area contributed by atoms with Crippen LogP contribution in [0.5, 0.6) is 0 Å². The van der Waals surface area contributed by atoms with Gasteiger partial charge in [0.2, 0.25) is 0 Å². The van der Waals surface area contributed by atoms with Crippen molar-refractivity contribution in [2.45, 2.75) is 6.92 Å². The highest BCUT2D eigenvalue weighted by atomic mass is 16.4. The van der Waals surface area contributed by atoms with Crippen molar-refractivity contribution in [1.82, 2.24) is 14.8 Å². The largest absolute Gasteiger partial charge is 0.478 e. The molecule has 0 radical (unpaired) electrons. The Kier molecular flexibility index (Phi) is 3.39. The van der Waals surface area contributed by atoms with E-state index in [4.69, 9.17) is 11.7 Å². The summed E-state index contributed by atoms with van der Waals surface area (Å²) in [6.45, 7) is 8.91. The van der Waals surface area contributed by atoms with Crippen LogP contribution in [0.3, 0.4) is 0 Å². The van der Waals surface area contributed by atoms with Gasteiger partial charge < -0.3 is 5.11 Å². The number of aromatic nitrogens is 3. The van der Waals surface area contributed by atoms with E-state index in [1.54, 1.807) is 12.1 Å². The minimum atomic E-state index is -1.05. The molecule has 1 aromatic heterocycles. The number of nitrogens with zero attached hydrogens (tertiary/aromatic N) is 4. The maximum atomic E-state index is 10.4. The van der Waals surface area contributed by atoms with Crippen LogP contribution in [0.15, 0.2) is 30.6 Å². The summed E-state index contributed by atoms with van der Waals surface area (Å²) in [5.74, 6) is -0.605. The van der Waals surface area contributed by atoms with Gasteiger partial charge >= 0.3 is 5.97 Å². The molecule has 94 valence electrons. The fourth-order valence-corrected chi connectivity index (χ4v) is 1.58. The Morgan fingerprint density at radius 1 is 1.47 bits per heavy atom. The average molecular weight is 254 g/mol. The molecule has 0 atom stereocenters. The van der Waals surface area contributed by atoms with Crippen LogP contribution in [-0.4, -0.2) is 25.8 Å². The molecule has 0 fully saturated rings. The summed E-state index contributed by atoms with van der Waals surface area (Å²) < 4.78 is 1.31. The van der Waals surface area contributed by atoms with Crippen molar-refractivity contribution in [1.29, 1.82) is 0 Å². The van der Waals surface area contributed by atoms with Crippen molar-refractivity contribution in [3.8, 4) is 11.4 Å². The zero-order valence-electron chi connectivity index (χ0n) is 10.1. The van der Waals surface area contributed by atoms with E-state index in [-0.39, 0.29) is 0 Å². The molecule has 0 aliphatic carbocycles. The highest BCUT2D eigenvalue weighted by Crippen LogP contribution is 2.23. The van der Waals surface area contributed by atoms with E-state index in [2.05, 4.69) is 14.9 Å². The molecule has 0 saturated heterocycles. The lowest BCUT2D eigenvalue weighted by Crippen LogP contribution is -1.92. The normalized spacial score (nSPS) is 10.5. The maximum absolute atomic E-state index is 10.4. The Bertz CT molecular complexity index is 695. The molecule has 2 rings (SSSR count). The molecule has 0 amide bonds. The zero-order chi connectivity index (χ0) is 13.8. The highest BCUT2D eigenvalue weighted by Gasteiger charge is 2.05. The smallest absolute Gasteiger partial charge is 0.329 e. The number of rotatable bonds is 3. The second-order valence-electron chi connectivity index (χ2n) is 3.87. The lowest BCUT2D eigenvalue weighted by Gasteiger charge is -1.99. The van der Waals surface area contributed by atoms with Crippen molar-refractivity contribution in [2.75, 3.05) is 0 Å². The van der Waals surface area contributed by atoms with Crippen LogP contribution >= 0.6 is 0 Å². The van der Waals surface area contributed by atoms with Crippen LogP contribution in [0.25, 0.3) is 22.4 Å². The van der Waals surface area contributed by atoms with Gasteiger partial charge in [-0.25, -0.2) is 19.3 Å². The fraction of sp³-hybridized carbons (Fsp3) is 0.0769. The second-order valence-corrected chi connectivity index (χ2v) is 3.87. The molecule has 0 saturated carbocycles. The summed E-state index contributed by atoms with van der Waals surface area (Å²) in [4.78, 5) is 17.9. The van der Waals surface area contributed by atoms with Gasteiger partial charge in [0, 0.05) is 17.8 Å². The van der Waals surface area contributed by atoms with E-state index in [0.29, 0.717) is 11.5 Å². The molecular weight excluding hydrogens is 244 g/mol. The van der Waals surface area contributed by atoms with Gasteiger partial charge in [-0.15, -0.1) is 5.10 Å². The first-order valence-corrected chi connectivity index (χ1v) is 5.40. The van der Waals surface area contributed by atoms with Crippen LogP contribution in [0.4, 0.5) is 5.69 Å². The quantitative estimate of drug-likeness (QED) is 0.674. The van der Waals surface area contributed by atoms with E-state index in [1.807, 2.05) is 13.0 Å². The van der Waals surface area contributed by atoms with Gasteiger partial charge in [-0.2, -0.15) is 0 Å². The van der Waals surface area contributed by atoms with Crippen LogP contribution in [0, 0.1) is 13.5 Å². The van der Waals surface area contributed by atoms with Crippen LogP contribution < -0.4 is 0 Å². The van der Waals surface area contributed by atoms with E-state index in [0.717, 1.165) is 17.2 Å². The molecule has 6 nitrogen and oxygen atoms in total. The molecule has 1 heterocycles. The number of carboxylic acids is 1. The predicted molar refractivity (Wildman–Crippen MR) is 69.4 cm³/mol. The van der Waals surface area contributed by atoms with E-state index in [1.165, 1.54) is 17.2 Å². The molecule has 0 aliphatic heterocycles. The molecule has 6 heteroatoms. The summed E-state index contributed by atoms with van der Waals surface area (Å²) in [6.07, 6.45) is 3.68. The van der Waals surface area contributed by atoms with Crippen molar-refractivity contribution >= 4 is 17.9 Å². The topological polar surface area (TPSA) is 72.4 Å². The van der Waals surface area contributed by atoms with Crippen molar-refractivity contribution in [2.24, 2.45) is 0 Å². The molecule has 1 N–H and O–H groups in total. The average Bonchev–Trinajstić information content (AvgIpc) is 2.84. The van der Waals surface area contributed by atoms with Crippen molar-refractivity contribution < 1.29 is 9.90 Å². The third-order valence-corrected chi connectivity index (χ3v) is 2.33. The van der Waals surface area contributed by atoms with Gasteiger partial charge in [0.1, 0.15) is 6.33 Å². The van der Waals surface area contributed by atoms with Crippen molar-refractivity contribution in [3.05, 3.63) is 47.6 Å². The second kappa shape index (κ2) is 5.14. The standard InChI is InChI=1S/C13H10N4O2/c1-9-5-10(7-11(6-9)14-2)13-15-8-17(16-13)4-3-12(18)19/h3-8H,1H3,(H,18,19)/b4-3-. The Morgan fingerprint density at radius 2 is 2.26 bits per heavy atom. The number of carbonyl (C=O) groups is 1. The molecule has 0 bridgehead atoms. The molecule has 0 aliphatic rings. The van der Waals surface area contributed by atoms with Crippen LogP contribution in [-0.2, 0) is 4.79 Å². The van der Waals surface area contributed by atoms with Gasteiger partial charge in [-0.05, 0) is 13.0 Å². The zero-order valence-corrected chi connectivity index (χ0v) is 10.1. The molecular formula is C13H10N4O2. The van der Waals surface area contributed by atoms with Gasteiger partial charge in [0.25, 0.3) is 0 Å². The number of benzene rings is 1. The Labute approximate surface area is 109 Å². The Morgan fingerprint density at radius 3 is 2.95 bits per heavy atom. The predicted octanol–water partition coefficient (Wildman–Crippen LogP) is 2.36. The first-order valence-electron chi connectivity index (χ1n) is 5.40. The Balaban J connectivity index is 2.35. The minimum absolute atomic E-state index is 0.448. The number of hydrogen-bond acceptors (Lipinski definition) is 3. The van der Waals surface area contributed by atoms with Crippen LogP contribution in [0.1, 0.15) is 5.56 Å². The van der Waals surface area contributed by atoms with Gasteiger partial charge in [0.15, 0.2) is 11.5 Å².